The normalized spacial score (nSPS) is 17.5. The molecule has 0 unspecified atom stereocenters. The summed E-state index contributed by atoms with van der Waals surface area (Å²) in [4.78, 5) is 40.4. The van der Waals surface area contributed by atoms with E-state index in [2.05, 4.69) is 40.6 Å². The zero-order chi connectivity index (χ0) is 24.7. The van der Waals surface area contributed by atoms with Crippen molar-refractivity contribution in [2.24, 2.45) is 5.92 Å². The Hall–Kier alpha value is -3.19. The van der Waals surface area contributed by atoms with Crippen molar-refractivity contribution in [2.45, 2.75) is 57.7 Å². The summed E-state index contributed by atoms with van der Waals surface area (Å²) in [6, 6.07) is 18.5. The molecule has 3 amide bonds. The Bertz CT molecular complexity index is 923. The molecule has 0 radical (unpaired) electrons. The first-order valence-corrected chi connectivity index (χ1v) is 12.1. The summed E-state index contributed by atoms with van der Waals surface area (Å²) in [5, 5.41) is 5.92. The number of benzene rings is 2. The number of nitrogens with one attached hydrogen (secondary N) is 2. The molecule has 0 spiro atoms. The Kier molecular flexibility index (Phi) is 8.82. The van der Waals surface area contributed by atoms with Gasteiger partial charge in [-0.1, -0.05) is 74.5 Å². The van der Waals surface area contributed by atoms with E-state index in [1.165, 1.54) is 0 Å². The van der Waals surface area contributed by atoms with Gasteiger partial charge in [0.2, 0.25) is 11.8 Å². The van der Waals surface area contributed by atoms with Crippen LogP contribution >= 0.6 is 0 Å². The second kappa shape index (κ2) is 11.8. The van der Waals surface area contributed by atoms with Gasteiger partial charge in [0.1, 0.15) is 12.1 Å². The summed E-state index contributed by atoms with van der Waals surface area (Å²) in [5.74, 6) is -0.703. The average molecular weight is 466 g/mol. The van der Waals surface area contributed by atoms with Crippen LogP contribution in [-0.4, -0.2) is 53.8 Å². The molecule has 0 aliphatic carbocycles. The zero-order valence-corrected chi connectivity index (χ0v) is 20.4. The van der Waals surface area contributed by atoms with Crippen LogP contribution in [0.2, 0.25) is 0 Å². The number of quaternary nitrogens is 1. The third-order valence-electron chi connectivity index (χ3n) is 6.40. The van der Waals surface area contributed by atoms with Gasteiger partial charge in [0, 0.05) is 19.0 Å². The number of hydrogen-bond acceptors (Lipinski definition) is 3. The number of amides is 3. The van der Waals surface area contributed by atoms with Gasteiger partial charge in [0.15, 0.2) is 6.04 Å². The van der Waals surface area contributed by atoms with Gasteiger partial charge in [-0.15, -0.1) is 0 Å². The van der Waals surface area contributed by atoms with Crippen molar-refractivity contribution in [2.75, 3.05) is 13.1 Å². The molecule has 7 nitrogen and oxygen atoms in total. The fraction of sp³-hybridized carbons (Fsp3) is 0.444. The molecule has 34 heavy (non-hydrogen) atoms. The second-order valence-electron chi connectivity index (χ2n) is 9.44. The maximum absolute atomic E-state index is 13.4. The van der Waals surface area contributed by atoms with E-state index in [4.69, 9.17) is 0 Å². The predicted octanol–water partition coefficient (Wildman–Crippen LogP) is 1.70. The first-order chi connectivity index (χ1) is 16.3. The van der Waals surface area contributed by atoms with Crippen LogP contribution in [0.25, 0.3) is 0 Å². The lowest BCUT2D eigenvalue weighted by Crippen LogP contribution is -2.68. The van der Waals surface area contributed by atoms with Gasteiger partial charge in [0.25, 0.3) is 5.91 Å². The van der Waals surface area contributed by atoms with E-state index in [0.29, 0.717) is 19.5 Å². The average Bonchev–Trinajstić information content (AvgIpc) is 3.33. The third-order valence-corrected chi connectivity index (χ3v) is 6.40. The van der Waals surface area contributed by atoms with Crippen LogP contribution in [0.1, 0.15) is 50.7 Å². The molecular weight excluding hydrogens is 428 g/mol. The molecule has 3 atom stereocenters. The molecular formula is C27H37N4O3+. The summed E-state index contributed by atoms with van der Waals surface area (Å²) in [6.45, 7) is 6.43. The van der Waals surface area contributed by atoms with Gasteiger partial charge in [-0.3, -0.25) is 14.4 Å². The van der Waals surface area contributed by atoms with Crippen LogP contribution in [-0.2, 0) is 14.4 Å². The van der Waals surface area contributed by atoms with Gasteiger partial charge in [-0.05, 0) is 36.8 Å². The number of carbonyl (C=O) groups is 3. The summed E-state index contributed by atoms with van der Waals surface area (Å²) in [7, 11) is 0. The minimum Gasteiger partial charge on any atom is -0.353 e. The van der Waals surface area contributed by atoms with Crippen LogP contribution in [0.5, 0.6) is 0 Å². The molecule has 1 heterocycles. The van der Waals surface area contributed by atoms with Gasteiger partial charge in [-0.2, -0.15) is 0 Å². The molecule has 182 valence electrons. The van der Waals surface area contributed by atoms with E-state index in [-0.39, 0.29) is 29.6 Å². The largest absolute Gasteiger partial charge is 0.353 e. The van der Waals surface area contributed by atoms with E-state index in [1.807, 2.05) is 50.2 Å². The topological polar surface area (TPSA) is 106 Å². The van der Waals surface area contributed by atoms with Crippen molar-refractivity contribution in [3.05, 3.63) is 71.8 Å². The second-order valence-corrected chi connectivity index (χ2v) is 9.44. The van der Waals surface area contributed by atoms with Crippen molar-refractivity contribution in [1.82, 2.24) is 15.5 Å². The Balaban J connectivity index is 1.71. The van der Waals surface area contributed by atoms with E-state index in [1.54, 1.807) is 11.8 Å². The van der Waals surface area contributed by atoms with Gasteiger partial charge >= 0.3 is 0 Å². The van der Waals surface area contributed by atoms with Crippen molar-refractivity contribution >= 4 is 17.7 Å². The summed E-state index contributed by atoms with van der Waals surface area (Å²) in [6.07, 6.45) is 1.37. The molecule has 0 saturated carbocycles. The Morgan fingerprint density at radius 2 is 1.53 bits per heavy atom. The maximum Gasteiger partial charge on any atom is 0.278 e. The summed E-state index contributed by atoms with van der Waals surface area (Å²) < 4.78 is 0. The zero-order valence-electron chi connectivity index (χ0n) is 20.4. The lowest BCUT2D eigenvalue weighted by atomic mass is 9.91. The summed E-state index contributed by atoms with van der Waals surface area (Å²) in [5.41, 5.74) is 5.99. The van der Waals surface area contributed by atoms with Gasteiger partial charge < -0.3 is 21.3 Å². The smallest absolute Gasteiger partial charge is 0.278 e. The molecule has 1 saturated heterocycles. The Morgan fingerprint density at radius 3 is 2.03 bits per heavy atom. The lowest BCUT2D eigenvalue weighted by Gasteiger charge is -2.31. The molecule has 2 aromatic rings. The van der Waals surface area contributed by atoms with E-state index < -0.39 is 18.1 Å². The van der Waals surface area contributed by atoms with Gasteiger partial charge in [-0.25, -0.2) is 0 Å². The molecule has 0 bridgehead atoms. The Morgan fingerprint density at radius 1 is 0.971 bits per heavy atom. The maximum atomic E-state index is 13.4. The van der Waals surface area contributed by atoms with Crippen LogP contribution in [0.3, 0.4) is 0 Å². The SMILES string of the molecule is CC(C)[C@H](NC(=O)[C@H](C)[NH3+])C(=O)N1CCC[C@H]1C(=O)NCC(c1ccccc1)c1ccccc1. The minimum atomic E-state index is -0.675. The molecule has 7 heteroatoms. The fourth-order valence-electron chi connectivity index (χ4n) is 4.41. The number of nitrogens with zero attached hydrogens (tertiary/aromatic N) is 1. The molecule has 5 N–H and O–H groups in total. The molecule has 0 aromatic heterocycles. The third kappa shape index (κ3) is 6.23. The quantitative estimate of drug-likeness (QED) is 0.525. The molecule has 1 aliphatic rings. The Labute approximate surface area is 202 Å². The van der Waals surface area contributed by atoms with Gasteiger partial charge in [0.05, 0.1) is 0 Å². The standard InChI is InChI=1S/C27H36N4O3/c1-18(2)24(30-25(32)19(3)28)27(34)31-16-10-15-23(31)26(33)29-17-22(20-11-6-4-7-12-20)21-13-8-5-9-14-21/h4-9,11-14,18-19,22-24H,10,15-17,28H2,1-3H3,(H,29,33)(H,30,32)/p+1/t19-,23-,24-/m0/s1. The molecule has 2 aromatic carbocycles. The highest BCUT2D eigenvalue weighted by atomic mass is 16.2. The minimum absolute atomic E-state index is 0.0122. The number of likely N-dealkylation sites (tertiary alicyclic amines) is 1. The first kappa shape index (κ1) is 25.4. The van der Waals surface area contributed by atoms with E-state index in [9.17, 15) is 14.4 Å². The lowest BCUT2D eigenvalue weighted by molar-refractivity contribution is -0.398. The van der Waals surface area contributed by atoms with E-state index in [0.717, 1.165) is 17.5 Å². The fourth-order valence-corrected chi connectivity index (χ4v) is 4.41. The number of carbonyl (C=O) groups excluding carboxylic acids is 3. The van der Waals surface area contributed by atoms with Crippen molar-refractivity contribution in [3.63, 3.8) is 0 Å². The molecule has 1 aliphatic heterocycles. The van der Waals surface area contributed by atoms with E-state index >= 15 is 0 Å². The number of rotatable bonds is 9. The highest BCUT2D eigenvalue weighted by molar-refractivity contribution is 5.93. The molecule has 1 fully saturated rings. The van der Waals surface area contributed by atoms with Crippen molar-refractivity contribution in [1.29, 1.82) is 0 Å². The first-order valence-electron chi connectivity index (χ1n) is 12.1. The predicted molar refractivity (Wildman–Crippen MR) is 132 cm³/mol. The molecule has 3 rings (SSSR count). The highest BCUT2D eigenvalue weighted by Crippen LogP contribution is 2.25. The summed E-state index contributed by atoms with van der Waals surface area (Å²) >= 11 is 0. The van der Waals surface area contributed by atoms with Crippen molar-refractivity contribution in [3.8, 4) is 0 Å². The van der Waals surface area contributed by atoms with Crippen LogP contribution in [0.4, 0.5) is 0 Å². The van der Waals surface area contributed by atoms with Crippen LogP contribution < -0.4 is 16.4 Å². The number of hydrogen-bond donors (Lipinski definition) is 3. The van der Waals surface area contributed by atoms with Crippen LogP contribution in [0, 0.1) is 5.92 Å². The van der Waals surface area contributed by atoms with Crippen molar-refractivity contribution < 1.29 is 20.1 Å². The van der Waals surface area contributed by atoms with Crippen LogP contribution in [0.15, 0.2) is 60.7 Å². The monoisotopic (exact) mass is 465 g/mol. The highest BCUT2D eigenvalue weighted by Gasteiger charge is 2.39.